The topological polar surface area (TPSA) is 129 Å². The summed E-state index contributed by atoms with van der Waals surface area (Å²) in [5, 5.41) is 35.4. The summed E-state index contributed by atoms with van der Waals surface area (Å²) in [6, 6.07) is 0. The van der Waals surface area contributed by atoms with Gasteiger partial charge in [0, 0.05) is 0 Å². The van der Waals surface area contributed by atoms with Gasteiger partial charge < -0.3 is 5.11 Å². The van der Waals surface area contributed by atoms with Crippen LogP contribution in [0, 0.1) is 0 Å². The fourth-order valence-electron chi connectivity index (χ4n) is 0.836. The zero-order valence-corrected chi connectivity index (χ0v) is 6.63. The molecule has 2 aromatic heterocycles. The van der Waals surface area contributed by atoms with E-state index in [1.54, 1.807) is 0 Å². The predicted molar refractivity (Wildman–Crippen MR) is 37.0 cm³/mol. The van der Waals surface area contributed by atoms with Gasteiger partial charge in [-0.05, 0) is 6.92 Å². The molecule has 2 rings (SSSR count). The van der Waals surface area contributed by atoms with E-state index >= 15 is 0 Å². The maximum Gasteiger partial charge on any atom is 0.213 e. The first-order valence-electron chi connectivity index (χ1n) is 3.41. The number of hydrogen-bond acceptors (Lipinski definition) is 7. The summed E-state index contributed by atoms with van der Waals surface area (Å²) < 4.78 is 0. The molecule has 9 nitrogen and oxygen atoms in total. The Morgan fingerprint density at radius 2 is 1.54 bits per heavy atom. The van der Waals surface area contributed by atoms with E-state index in [2.05, 4.69) is 41.2 Å². The number of nitrogens with one attached hydrogen (secondary N) is 2. The van der Waals surface area contributed by atoms with Crippen LogP contribution in [0.5, 0.6) is 0 Å². The Hall–Kier alpha value is -1.90. The molecule has 0 aliphatic heterocycles. The van der Waals surface area contributed by atoms with Gasteiger partial charge in [-0.2, -0.15) is 10.4 Å². The number of tetrazole rings is 2. The van der Waals surface area contributed by atoms with Crippen molar-refractivity contribution in [1.29, 1.82) is 0 Å². The number of aromatic amines is 2. The number of H-pyrrole nitrogens is 2. The Morgan fingerprint density at radius 1 is 1.08 bits per heavy atom. The molecule has 68 valence electrons. The van der Waals surface area contributed by atoms with Crippen LogP contribution in [0.2, 0.25) is 0 Å². The molecule has 0 radical (unpaired) electrons. The summed E-state index contributed by atoms with van der Waals surface area (Å²) in [5.41, 5.74) is -1.49. The van der Waals surface area contributed by atoms with E-state index in [1.165, 1.54) is 6.92 Å². The summed E-state index contributed by atoms with van der Waals surface area (Å²) in [6.07, 6.45) is 0. The zero-order chi connectivity index (χ0) is 9.31. The minimum absolute atomic E-state index is 0.0916. The number of aromatic nitrogens is 8. The lowest BCUT2D eigenvalue weighted by Gasteiger charge is -2.12. The maximum atomic E-state index is 9.86. The highest BCUT2D eigenvalue weighted by molar-refractivity contribution is 5.09. The molecule has 0 saturated heterocycles. The standard InChI is InChI=1S/C4H6N8O/c1-4(13,2-5-9-10-6-2)3-7-11-12-8-3/h13H,1H3,(H,5,6,9,10)(H,7,8,11,12). The van der Waals surface area contributed by atoms with E-state index in [-0.39, 0.29) is 11.6 Å². The van der Waals surface area contributed by atoms with E-state index in [9.17, 15) is 5.11 Å². The van der Waals surface area contributed by atoms with Gasteiger partial charge in [-0.25, -0.2) is 0 Å². The van der Waals surface area contributed by atoms with Gasteiger partial charge in [0.15, 0.2) is 5.60 Å². The van der Waals surface area contributed by atoms with Gasteiger partial charge >= 0.3 is 0 Å². The lowest BCUT2D eigenvalue weighted by Crippen LogP contribution is -2.26. The molecule has 0 saturated carbocycles. The molecule has 0 aliphatic carbocycles. The molecule has 2 aromatic rings. The van der Waals surface area contributed by atoms with E-state index in [4.69, 9.17) is 0 Å². The second-order valence-electron chi connectivity index (χ2n) is 2.54. The van der Waals surface area contributed by atoms with Crippen LogP contribution in [0.4, 0.5) is 0 Å². The third-order valence-electron chi connectivity index (χ3n) is 1.56. The molecule has 0 fully saturated rings. The first-order chi connectivity index (χ1) is 6.21. The Balaban J connectivity index is 2.42. The van der Waals surface area contributed by atoms with Crippen LogP contribution in [-0.2, 0) is 5.60 Å². The second-order valence-corrected chi connectivity index (χ2v) is 2.54. The molecule has 3 N–H and O–H groups in total. The maximum absolute atomic E-state index is 9.86. The minimum atomic E-state index is -1.49. The fourth-order valence-corrected chi connectivity index (χ4v) is 0.836. The number of aliphatic hydroxyl groups is 1. The summed E-state index contributed by atoms with van der Waals surface area (Å²) in [5.74, 6) is 0.183. The quantitative estimate of drug-likeness (QED) is 0.488. The van der Waals surface area contributed by atoms with Gasteiger partial charge in [0.1, 0.15) is 0 Å². The molecule has 0 spiro atoms. The monoisotopic (exact) mass is 182 g/mol. The first kappa shape index (κ1) is 7.73. The van der Waals surface area contributed by atoms with Crippen LogP contribution in [0.15, 0.2) is 0 Å². The van der Waals surface area contributed by atoms with Crippen LogP contribution in [0.25, 0.3) is 0 Å². The largest absolute Gasteiger partial charge is 0.374 e. The summed E-state index contributed by atoms with van der Waals surface area (Å²) >= 11 is 0. The third kappa shape index (κ3) is 1.14. The third-order valence-corrected chi connectivity index (χ3v) is 1.56. The van der Waals surface area contributed by atoms with Crippen molar-refractivity contribution in [1.82, 2.24) is 41.2 Å². The molecule has 9 heteroatoms. The van der Waals surface area contributed by atoms with Crippen molar-refractivity contribution >= 4 is 0 Å². The highest BCUT2D eigenvalue weighted by Gasteiger charge is 2.34. The lowest BCUT2D eigenvalue weighted by molar-refractivity contribution is 0.0824. The van der Waals surface area contributed by atoms with Crippen molar-refractivity contribution < 1.29 is 5.11 Å². The van der Waals surface area contributed by atoms with Gasteiger partial charge in [0.2, 0.25) is 11.6 Å². The van der Waals surface area contributed by atoms with Crippen LogP contribution < -0.4 is 0 Å². The van der Waals surface area contributed by atoms with Crippen LogP contribution in [0.3, 0.4) is 0 Å². The minimum Gasteiger partial charge on any atom is -0.374 e. The molecule has 0 aliphatic rings. The van der Waals surface area contributed by atoms with E-state index < -0.39 is 5.60 Å². The summed E-state index contributed by atoms with van der Waals surface area (Å²) in [7, 11) is 0. The van der Waals surface area contributed by atoms with Crippen molar-refractivity contribution in [3.8, 4) is 0 Å². The molecule has 0 bridgehead atoms. The Morgan fingerprint density at radius 3 is 1.85 bits per heavy atom. The molecule has 0 atom stereocenters. The normalized spacial score (nSPS) is 11.8. The second kappa shape index (κ2) is 2.55. The van der Waals surface area contributed by atoms with Gasteiger partial charge in [-0.3, -0.25) is 0 Å². The van der Waals surface area contributed by atoms with Crippen LogP contribution in [0.1, 0.15) is 18.6 Å². The van der Waals surface area contributed by atoms with Crippen LogP contribution in [-0.4, -0.2) is 46.4 Å². The SMILES string of the molecule is CC(O)(c1nn[nH]n1)c1nn[nH]n1. The Labute approximate surface area is 71.6 Å². The molecule has 0 unspecified atom stereocenters. The highest BCUT2D eigenvalue weighted by Crippen LogP contribution is 2.20. The molecular formula is C4H6N8O. The van der Waals surface area contributed by atoms with Crippen molar-refractivity contribution in [3.63, 3.8) is 0 Å². The Bertz CT molecular complexity index is 327. The van der Waals surface area contributed by atoms with Crippen molar-refractivity contribution in [2.45, 2.75) is 12.5 Å². The predicted octanol–water partition coefficient (Wildman–Crippen LogP) is -2.03. The molecule has 0 amide bonds. The first-order valence-corrected chi connectivity index (χ1v) is 3.41. The van der Waals surface area contributed by atoms with E-state index in [0.29, 0.717) is 0 Å². The van der Waals surface area contributed by atoms with E-state index in [1.807, 2.05) is 0 Å². The van der Waals surface area contributed by atoms with E-state index in [0.717, 1.165) is 0 Å². The number of nitrogens with zero attached hydrogens (tertiary/aromatic N) is 6. The average Bonchev–Trinajstić information content (AvgIpc) is 2.78. The molecule has 0 aromatic carbocycles. The van der Waals surface area contributed by atoms with Crippen molar-refractivity contribution in [3.05, 3.63) is 11.6 Å². The average molecular weight is 182 g/mol. The number of rotatable bonds is 2. The van der Waals surface area contributed by atoms with Crippen LogP contribution >= 0.6 is 0 Å². The highest BCUT2D eigenvalue weighted by atomic mass is 16.3. The lowest BCUT2D eigenvalue weighted by atomic mass is 10.1. The van der Waals surface area contributed by atoms with Crippen molar-refractivity contribution in [2.24, 2.45) is 0 Å². The fraction of sp³-hybridized carbons (Fsp3) is 0.500. The molecular weight excluding hydrogens is 176 g/mol. The van der Waals surface area contributed by atoms with Gasteiger partial charge in [0.05, 0.1) is 0 Å². The van der Waals surface area contributed by atoms with Gasteiger partial charge in [-0.1, -0.05) is 10.4 Å². The molecule has 13 heavy (non-hydrogen) atoms. The van der Waals surface area contributed by atoms with Gasteiger partial charge in [0.25, 0.3) is 0 Å². The van der Waals surface area contributed by atoms with Gasteiger partial charge in [-0.15, -0.1) is 20.4 Å². The summed E-state index contributed by atoms with van der Waals surface area (Å²) in [4.78, 5) is 0. The van der Waals surface area contributed by atoms with Crippen molar-refractivity contribution in [2.75, 3.05) is 0 Å². The Kier molecular flexibility index (Phi) is 1.52. The smallest absolute Gasteiger partial charge is 0.213 e. The number of hydrogen-bond donors (Lipinski definition) is 3. The zero-order valence-electron chi connectivity index (χ0n) is 6.63. The summed E-state index contributed by atoms with van der Waals surface area (Å²) in [6.45, 7) is 1.45. The molecule has 2 heterocycles.